The predicted molar refractivity (Wildman–Crippen MR) is 78.7 cm³/mol. The minimum atomic E-state index is 0.375. The normalized spacial score (nSPS) is 13.7. The zero-order valence-electron chi connectivity index (χ0n) is 11.1. The van der Waals surface area contributed by atoms with Crippen LogP contribution in [0, 0.1) is 0 Å². The molecule has 0 unspecified atom stereocenters. The van der Waals surface area contributed by atoms with E-state index in [1.54, 1.807) is 7.11 Å². The van der Waals surface area contributed by atoms with Crippen LogP contribution in [0.2, 0.25) is 5.02 Å². The van der Waals surface area contributed by atoms with E-state index in [9.17, 15) is 0 Å². The number of nitrogens with one attached hydrogen (secondary N) is 2. The number of para-hydroxylation sites is 1. The minimum absolute atomic E-state index is 0.375. The molecule has 0 bridgehead atoms. The number of rotatable bonds is 3. The molecule has 0 fully saturated rings. The fourth-order valence-electron chi connectivity index (χ4n) is 2.21. The Morgan fingerprint density at radius 3 is 2.95 bits per heavy atom. The molecule has 6 heteroatoms. The Balaban J connectivity index is 2.02. The summed E-state index contributed by atoms with van der Waals surface area (Å²) < 4.78 is 5.17. The van der Waals surface area contributed by atoms with Crippen molar-refractivity contribution in [3.63, 3.8) is 0 Å². The second kappa shape index (κ2) is 5.64. The molecule has 0 saturated heterocycles. The van der Waals surface area contributed by atoms with E-state index in [0.717, 1.165) is 42.3 Å². The van der Waals surface area contributed by atoms with E-state index in [0.29, 0.717) is 11.0 Å². The van der Waals surface area contributed by atoms with Gasteiger partial charge in [0.05, 0.1) is 23.5 Å². The van der Waals surface area contributed by atoms with Crippen molar-refractivity contribution < 1.29 is 4.74 Å². The Labute approximate surface area is 122 Å². The molecule has 0 radical (unpaired) electrons. The van der Waals surface area contributed by atoms with Gasteiger partial charge in [0.15, 0.2) is 0 Å². The maximum absolute atomic E-state index is 6.18. The molecule has 0 amide bonds. The van der Waals surface area contributed by atoms with Gasteiger partial charge in [-0.25, -0.2) is 0 Å². The number of halogens is 1. The van der Waals surface area contributed by atoms with Gasteiger partial charge in [0.25, 0.3) is 0 Å². The molecule has 1 aromatic heterocycles. The maximum Gasteiger partial charge on any atom is 0.318 e. The summed E-state index contributed by atoms with van der Waals surface area (Å²) in [6.45, 7) is 1.66. The third-order valence-electron chi connectivity index (χ3n) is 3.22. The highest BCUT2D eigenvalue weighted by molar-refractivity contribution is 6.33. The first-order valence-corrected chi connectivity index (χ1v) is 6.82. The number of hydrogen-bond acceptors (Lipinski definition) is 5. The van der Waals surface area contributed by atoms with Crippen LogP contribution in [-0.2, 0) is 13.0 Å². The van der Waals surface area contributed by atoms with Crippen LogP contribution in [0.25, 0.3) is 0 Å². The molecule has 2 N–H and O–H groups in total. The number of benzene rings is 1. The van der Waals surface area contributed by atoms with Crippen molar-refractivity contribution in [3.05, 3.63) is 40.5 Å². The summed E-state index contributed by atoms with van der Waals surface area (Å²) in [6, 6.07) is 7.95. The molecule has 5 nitrogen and oxygen atoms in total. The Bertz CT molecular complexity index is 633. The van der Waals surface area contributed by atoms with Gasteiger partial charge in [-0.05, 0) is 12.1 Å². The summed E-state index contributed by atoms with van der Waals surface area (Å²) in [5.41, 5.74) is 2.91. The average molecular weight is 291 g/mol. The Morgan fingerprint density at radius 1 is 1.30 bits per heavy atom. The maximum atomic E-state index is 6.18. The van der Waals surface area contributed by atoms with Crippen LogP contribution >= 0.6 is 11.6 Å². The van der Waals surface area contributed by atoms with Gasteiger partial charge in [-0.1, -0.05) is 23.7 Å². The van der Waals surface area contributed by atoms with Crippen LogP contribution < -0.4 is 15.4 Å². The van der Waals surface area contributed by atoms with Crippen LogP contribution in [0.5, 0.6) is 6.01 Å². The van der Waals surface area contributed by atoms with Crippen molar-refractivity contribution in [3.8, 4) is 6.01 Å². The molecule has 1 aromatic carbocycles. The summed E-state index contributed by atoms with van der Waals surface area (Å²) in [5, 5.41) is 7.25. The standard InChI is InChI=1S/C14H15ClN4O/c1-20-14-18-11-6-7-16-8-9(11)13(19-14)17-12-5-3-2-4-10(12)15/h2-5,16H,6-8H2,1H3,(H,17,18,19). The molecule has 1 aliphatic rings. The van der Waals surface area contributed by atoms with Crippen LogP contribution in [0.1, 0.15) is 11.3 Å². The first kappa shape index (κ1) is 13.1. The van der Waals surface area contributed by atoms with Crippen molar-refractivity contribution in [1.29, 1.82) is 0 Å². The van der Waals surface area contributed by atoms with E-state index in [-0.39, 0.29) is 0 Å². The SMILES string of the molecule is COc1nc2c(c(Nc3ccccc3Cl)n1)CNCC2. The van der Waals surface area contributed by atoms with E-state index in [1.807, 2.05) is 24.3 Å². The quantitative estimate of drug-likeness (QED) is 0.910. The monoisotopic (exact) mass is 290 g/mol. The van der Waals surface area contributed by atoms with Crippen LogP contribution in [0.3, 0.4) is 0 Å². The lowest BCUT2D eigenvalue weighted by Gasteiger charge is -2.20. The molecule has 2 aromatic rings. The van der Waals surface area contributed by atoms with Crippen molar-refractivity contribution in [2.24, 2.45) is 0 Å². The van der Waals surface area contributed by atoms with Crippen LogP contribution in [0.15, 0.2) is 24.3 Å². The number of methoxy groups -OCH3 is 1. The molecule has 0 aliphatic carbocycles. The summed E-state index contributed by atoms with van der Waals surface area (Å²) in [7, 11) is 1.57. The lowest BCUT2D eigenvalue weighted by Crippen LogP contribution is -2.26. The van der Waals surface area contributed by atoms with Gasteiger partial charge in [-0.15, -0.1) is 0 Å². The number of hydrogen-bond donors (Lipinski definition) is 2. The molecule has 20 heavy (non-hydrogen) atoms. The Morgan fingerprint density at radius 2 is 2.15 bits per heavy atom. The van der Waals surface area contributed by atoms with Gasteiger partial charge in [-0.3, -0.25) is 0 Å². The van der Waals surface area contributed by atoms with Crippen molar-refractivity contribution in [2.45, 2.75) is 13.0 Å². The van der Waals surface area contributed by atoms with E-state index in [1.165, 1.54) is 0 Å². The van der Waals surface area contributed by atoms with Crippen molar-refractivity contribution in [1.82, 2.24) is 15.3 Å². The van der Waals surface area contributed by atoms with Crippen LogP contribution in [0.4, 0.5) is 11.5 Å². The van der Waals surface area contributed by atoms with Crippen molar-refractivity contribution >= 4 is 23.1 Å². The third kappa shape index (κ3) is 2.55. The predicted octanol–water partition coefficient (Wildman–Crippen LogP) is 2.53. The van der Waals surface area contributed by atoms with Gasteiger partial charge in [0, 0.05) is 25.1 Å². The van der Waals surface area contributed by atoms with E-state index in [4.69, 9.17) is 16.3 Å². The summed E-state index contributed by atoms with van der Waals surface area (Å²) in [5.74, 6) is 0.743. The molecule has 0 saturated carbocycles. The zero-order valence-corrected chi connectivity index (χ0v) is 11.9. The molecular weight excluding hydrogens is 276 g/mol. The molecule has 2 heterocycles. The van der Waals surface area contributed by atoms with E-state index >= 15 is 0 Å². The molecule has 104 valence electrons. The summed E-state index contributed by atoms with van der Waals surface area (Å²) in [4.78, 5) is 8.81. The van der Waals surface area contributed by atoms with E-state index in [2.05, 4.69) is 20.6 Å². The lowest BCUT2D eigenvalue weighted by molar-refractivity contribution is 0.377. The average Bonchev–Trinajstić information content (AvgIpc) is 2.49. The fourth-order valence-corrected chi connectivity index (χ4v) is 2.39. The van der Waals surface area contributed by atoms with Gasteiger partial charge in [0.2, 0.25) is 0 Å². The van der Waals surface area contributed by atoms with Gasteiger partial charge >= 0.3 is 6.01 Å². The topological polar surface area (TPSA) is 59.1 Å². The number of ether oxygens (including phenoxy) is 1. The highest BCUT2D eigenvalue weighted by Crippen LogP contribution is 2.29. The molecule has 0 spiro atoms. The number of anilines is 2. The van der Waals surface area contributed by atoms with Crippen LogP contribution in [-0.4, -0.2) is 23.6 Å². The zero-order chi connectivity index (χ0) is 13.9. The summed E-state index contributed by atoms with van der Waals surface area (Å²) in [6.07, 6.45) is 0.866. The first-order chi connectivity index (χ1) is 9.78. The highest BCUT2D eigenvalue weighted by Gasteiger charge is 2.18. The molecule has 1 aliphatic heterocycles. The van der Waals surface area contributed by atoms with Gasteiger partial charge in [0.1, 0.15) is 5.82 Å². The smallest absolute Gasteiger partial charge is 0.318 e. The van der Waals surface area contributed by atoms with Crippen molar-refractivity contribution in [2.75, 3.05) is 19.0 Å². The van der Waals surface area contributed by atoms with E-state index < -0.39 is 0 Å². The fraction of sp³-hybridized carbons (Fsp3) is 0.286. The Kier molecular flexibility index (Phi) is 3.71. The largest absolute Gasteiger partial charge is 0.467 e. The van der Waals surface area contributed by atoms with Gasteiger partial charge < -0.3 is 15.4 Å². The number of fused-ring (bicyclic) bond motifs is 1. The molecular formula is C14H15ClN4O. The third-order valence-corrected chi connectivity index (χ3v) is 3.55. The first-order valence-electron chi connectivity index (χ1n) is 6.44. The number of aromatic nitrogens is 2. The van der Waals surface area contributed by atoms with Gasteiger partial charge in [-0.2, -0.15) is 9.97 Å². The molecule has 3 rings (SSSR count). The minimum Gasteiger partial charge on any atom is -0.467 e. The molecule has 0 atom stereocenters. The lowest BCUT2D eigenvalue weighted by atomic mass is 10.1. The summed E-state index contributed by atoms with van der Waals surface area (Å²) >= 11 is 6.18. The number of nitrogens with zero attached hydrogens (tertiary/aromatic N) is 2. The highest BCUT2D eigenvalue weighted by atomic mass is 35.5. The second-order valence-corrected chi connectivity index (χ2v) is 4.92. The Hall–Kier alpha value is -1.85. The second-order valence-electron chi connectivity index (χ2n) is 4.52.